The lowest BCUT2D eigenvalue weighted by Gasteiger charge is -2.40. The third-order valence-electron chi connectivity index (χ3n) is 8.08. The molecule has 1 atom stereocenters. The number of para-hydroxylation sites is 1. The number of likely N-dealkylation sites (tertiary alicyclic amines) is 1. The van der Waals surface area contributed by atoms with Crippen molar-refractivity contribution >= 4 is 29.0 Å². The Hall–Kier alpha value is -3.91. The van der Waals surface area contributed by atoms with E-state index in [2.05, 4.69) is 56.9 Å². The SMILES string of the molecule is O=C(NCc1cccnc1)Nc1ccc(N2CC3(CCN(C(=O)C4CCCO4)CC3)c3ccccc32)cc1. The fraction of sp³-hybridized carbons (Fsp3) is 0.367. The number of amides is 3. The summed E-state index contributed by atoms with van der Waals surface area (Å²) in [6.07, 6.45) is 6.89. The summed E-state index contributed by atoms with van der Waals surface area (Å²) in [5.41, 5.74) is 5.38. The van der Waals surface area contributed by atoms with E-state index in [0.717, 1.165) is 62.3 Å². The average molecular weight is 512 g/mol. The number of piperidine rings is 1. The van der Waals surface area contributed by atoms with Gasteiger partial charge in [0.25, 0.3) is 5.91 Å². The normalized spacial score (nSPS) is 19.8. The molecule has 3 aliphatic rings. The van der Waals surface area contributed by atoms with Gasteiger partial charge in [0.15, 0.2) is 0 Å². The second kappa shape index (κ2) is 10.5. The van der Waals surface area contributed by atoms with Crippen LogP contribution in [0.2, 0.25) is 0 Å². The van der Waals surface area contributed by atoms with E-state index in [1.54, 1.807) is 12.4 Å². The Kier molecular flexibility index (Phi) is 6.72. The molecule has 8 heteroatoms. The van der Waals surface area contributed by atoms with Crippen molar-refractivity contribution in [2.75, 3.05) is 36.5 Å². The number of nitrogens with one attached hydrogen (secondary N) is 2. The lowest BCUT2D eigenvalue weighted by atomic mass is 9.74. The first-order valence-corrected chi connectivity index (χ1v) is 13.4. The summed E-state index contributed by atoms with van der Waals surface area (Å²) < 4.78 is 5.65. The molecule has 0 aliphatic carbocycles. The molecule has 8 nitrogen and oxygen atoms in total. The number of aromatic nitrogens is 1. The summed E-state index contributed by atoms with van der Waals surface area (Å²) in [4.78, 5) is 33.7. The zero-order chi connectivity index (χ0) is 26.0. The minimum atomic E-state index is -0.253. The van der Waals surface area contributed by atoms with Gasteiger partial charge in [-0.2, -0.15) is 0 Å². The molecule has 4 heterocycles. The van der Waals surface area contributed by atoms with Gasteiger partial charge in [0, 0.05) is 67.7 Å². The number of nitrogens with zero attached hydrogens (tertiary/aromatic N) is 3. The average Bonchev–Trinajstić information content (AvgIpc) is 3.61. The van der Waals surface area contributed by atoms with E-state index in [1.165, 1.54) is 11.3 Å². The predicted octanol–water partition coefficient (Wildman–Crippen LogP) is 4.59. The molecule has 1 aromatic heterocycles. The first-order valence-electron chi connectivity index (χ1n) is 13.4. The number of benzene rings is 2. The van der Waals surface area contributed by atoms with Gasteiger partial charge in [0.1, 0.15) is 6.10 Å². The smallest absolute Gasteiger partial charge is 0.319 e. The van der Waals surface area contributed by atoms with Crippen molar-refractivity contribution in [1.29, 1.82) is 0 Å². The highest BCUT2D eigenvalue weighted by Gasteiger charge is 2.46. The molecule has 38 heavy (non-hydrogen) atoms. The third-order valence-corrected chi connectivity index (χ3v) is 8.08. The van der Waals surface area contributed by atoms with Gasteiger partial charge in [0.05, 0.1) is 0 Å². The van der Waals surface area contributed by atoms with Crippen molar-refractivity contribution in [3.8, 4) is 0 Å². The van der Waals surface area contributed by atoms with E-state index in [1.807, 2.05) is 29.2 Å². The number of hydrogen-bond acceptors (Lipinski definition) is 5. The summed E-state index contributed by atoms with van der Waals surface area (Å²) in [7, 11) is 0. The highest BCUT2D eigenvalue weighted by Crippen LogP contribution is 2.49. The van der Waals surface area contributed by atoms with Gasteiger partial charge in [-0.15, -0.1) is 0 Å². The molecule has 1 spiro atoms. The van der Waals surface area contributed by atoms with Crippen LogP contribution in [0.15, 0.2) is 73.1 Å². The molecule has 2 N–H and O–H groups in total. The quantitative estimate of drug-likeness (QED) is 0.523. The minimum Gasteiger partial charge on any atom is -0.368 e. The summed E-state index contributed by atoms with van der Waals surface area (Å²) in [6.45, 7) is 3.52. The minimum absolute atomic E-state index is 0.0208. The third kappa shape index (κ3) is 4.84. The van der Waals surface area contributed by atoms with E-state index >= 15 is 0 Å². The summed E-state index contributed by atoms with van der Waals surface area (Å²) >= 11 is 0. The van der Waals surface area contributed by atoms with Crippen molar-refractivity contribution in [2.45, 2.75) is 43.7 Å². The number of anilines is 3. The maximum atomic E-state index is 12.9. The van der Waals surface area contributed by atoms with E-state index in [-0.39, 0.29) is 23.5 Å². The first-order chi connectivity index (χ1) is 18.6. The zero-order valence-corrected chi connectivity index (χ0v) is 21.4. The Morgan fingerprint density at radius 3 is 2.58 bits per heavy atom. The van der Waals surface area contributed by atoms with E-state index in [4.69, 9.17) is 4.74 Å². The highest BCUT2D eigenvalue weighted by atomic mass is 16.5. The first kappa shape index (κ1) is 24.4. The molecule has 3 aromatic rings. The van der Waals surface area contributed by atoms with Crippen LogP contribution in [0.1, 0.15) is 36.8 Å². The molecular formula is C30H33N5O3. The fourth-order valence-corrected chi connectivity index (χ4v) is 6.00. The summed E-state index contributed by atoms with van der Waals surface area (Å²) in [5, 5.41) is 5.77. The molecule has 2 aromatic carbocycles. The molecular weight excluding hydrogens is 478 g/mol. The van der Waals surface area contributed by atoms with Crippen LogP contribution in [-0.4, -0.2) is 54.2 Å². The second-order valence-electron chi connectivity index (χ2n) is 10.4. The van der Waals surface area contributed by atoms with Gasteiger partial charge < -0.3 is 25.2 Å². The van der Waals surface area contributed by atoms with E-state index in [0.29, 0.717) is 13.2 Å². The standard InChI is InChI=1S/C30H33N5O3/c36-28(27-8-4-18-38-27)34-16-13-30(14-17-34)21-35(26-7-2-1-6-25(26)30)24-11-9-23(10-12-24)33-29(37)32-20-22-5-3-15-31-19-22/h1-3,5-7,9-12,15,19,27H,4,8,13-14,16-18,20-21H2,(H2,32,33,37). The van der Waals surface area contributed by atoms with Crippen molar-refractivity contribution in [2.24, 2.45) is 0 Å². The van der Waals surface area contributed by atoms with Crippen LogP contribution in [-0.2, 0) is 21.5 Å². The number of pyridine rings is 1. The van der Waals surface area contributed by atoms with Gasteiger partial charge in [0.2, 0.25) is 0 Å². The van der Waals surface area contributed by atoms with Gasteiger partial charge >= 0.3 is 6.03 Å². The Labute approximate surface area is 223 Å². The van der Waals surface area contributed by atoms with Crippen LogP contribution in [0.25, 0.3) is 0 Å². The molecule has 2 fully saturated rings. The molecule has 196 valence electrons. The zero-order valence-electron chi connectivity index (χ0n) is 21.4. The van der Waals surface area contributed by atoms with Gasteiger partial charge in [-0.25, -0.2) is 4.79 Å². The van der Waals surface area contributed by atoms with E-state index in [9.17, 15) is 9.59 Å². The predicted molar refractivity (Wildman–Crippen MR) is 146 cm³/mol. The van der Waals surface area contributed by atoms with Crippen LogP contribution < -0.4 is 15.5 Å². The number of carbonyl (C=O) groups excluding carboxylic acids is 2. The van der Waals surface area contributed by atoms with Crippen molar-refractivity contribution in [1.82, 2.24) is 15.2 Å². The maximum Gasteiger partial charge on any atom is 0.319 e. The van der Waals surface area contributed by atoms with Gasteiger partial charge in [-0.3, -0.25) is 9.78 Å². The fourth-order valence-electron chi connectivity index (χ4n) is 6.00. The Balaban J connectivity index is 1.11. The summed E-state index contributed by atoms with van der Waals surface area (Å²) in [6, 6.07) is 20.2. The molecule has 0 bridgehead atoms. The molecule has 3 aliphatic heterocycles. The Morgan fingerprint density at radius 2 is 1.84 bits per heavy atom. The lowest BCUT2D eigenvalue weighted by molar-refractivity contribution is -0.142. The molecule has 0 saturated carbocycles. The number of urea groups is 1. The van der Waals surface area contributed by atoms with Crippen molar-refractivity contribution in [3.63, 3.8) is 0 Å². The van der Waals surface area contributed by atoms with E-state index < -0.39 is 0 Å². The van der Waals surface area contributed by atoms with Crippen LogP contribution >= 0.6 is 0 Å². The van der Waals surface area contributed by atoms with Crippen molar-refractivity contribution < 1.29 is 14.3 Å². The maximum absolute atomic E-state index is 12.9. The number of carbonyl (C=O) groups is 2. The molecule has 3 amide bonds. The Bertz CT molecular complexity index is 1280. The number of fused-ring (bicyclic) bond motifs is 2. The molecule has 6 rings (SSSR count). The van der Waals surface area contributed by atoms with Crippen LogP contribution in [0, 0.1) is 0 Å². The van der Waals surface area contributed by atoms with Gasteiger partial charge in [-0.05, 0) is 73.2 Å². The largest absolute Gasteiger partial charge is 0.368 e. The number of ether oxygens (including phenoxy) is 1. The summed E-state index contributed by atoms with van der Waals surface area (Å²) in [5.74, 6) is 0.160. The molecule has 0 radical (unpaired) electrons. The van der Waals surface area contributed by atoms with Crippen LogP contribution in [0.3, 0.4) is 0 Å². The monoisotopic (exact) mass is 511 g/mol. The molecule has 2 saturated heterocycles. The Morgan fingerprint density at radius 1 is 1.03 bits per heavy atom. The number of rotatable bonds is 5. The topological polar surface area (TPSA) is 86.8 Å². The second-order valence-corrected chi connectivity index (χ2v) is 10.4. The number of hydrogen-bond donors (Lipinski definition) is 2. The van der Waals surface area contributed by atoms with Crippen molar-refractivity contribution in [3.05, 3.63) is 84.2 Å². The van der Waals surface area contributed by atoms with Crippen LogP contribution in [0.4, 0.5) is 21.9 Å². The highest BCUT2D eigenvalue weighted by molar-refractivity contribution is 5.89. The molecule has 1 unspecified atom stereocenters. The lowest BCUT2D eigenvalue weighted by Crippen LogP contribution is -2.49. The van der Waals surface area contributed by atoms with Gasteiger partial charge in [-0.1, -0.05) is 24.3 Å². The van der Waals surface area contributed by atoms with Crippen LogP contribution in [0.5, 0.6) is 0 Å².